The Hall–Kier alpha value is -5.79. The number of amides is 4. The van der Waals surface area contributed by atoms with E-state index in [2.05, 4.69) is 36.9 Å². The standard InChI is InChI=1S/C58H76ClN8O10PS/c1-38-54(79-37-62-38)40-14-12-39(13-15-40)34-61-56(71)48-33-45(68)36-67(48)57(72)55(58(2,3)4)65-53(70)21-25-76-27-29-77-28-26-75-24-20-52(69)63-43-18-22-66(23-19-43)44-17-16-41(49(32-44)74-5)31-51-60-35-46(59)47(64-51)30-42-10-8-9-11-50(42)78(6,7)73/h8-17,32,35,37,43,45,48,55,68H,18-31,33-34,36H2,1-7H3,(H,61,71)(H,63,69)(H,65,70)/t45-,48+,55-/m1/s1. The van der Waals surface area contributed by atoms with E-state index in [1.54, 1.807) is 38.0 Å². The highest BCUT2D eigenvalue weighted by Gasteiger charge is 2.44. The minimum atomic E-state index is -2.50. The summed E-state index contributed by atoms with van der Waals surface area (Å²) in [5.74, 6) is 0.0953. The zero-order chi connectivity index (χ0) is 56.7. The molecule has 426 valence electrons. The molecule has 21 heteroatoms. The van der Waals surface area contributed by atoms with Crippen molar-refractivity contribution in [3.63, 3.8) is 0 Å². The molecule has 3 atom stereocenters. The maximum atomic E-state index is 14.0. The predicted molar refractivity (Wildman–Crippen MR) is 308 cm³/mol. The Bertz CT molecular complexity index is 2910. The van der Waals surface area contributed by atoms with Crippen LogP contribution in [0, 0.1) is 12.3 Å². The number of halogens is 1. The van der Waals surface area contributed by atoms with Crippen molar-refractivity contribution in [2.45, 2.75) is 103 Å². The summed E-state index contributed by atoms with van der Waals surface area (Å²) in [5.41, 5.74) is 7.60. The van der Waals surface area contributed by atoms with Gasteiger partial charge in [-0.1, -0.05) is 87.0 Å². The van der Waals surface area contributed by atoms with Crippen molar-refractivity contribution >= 4 is 64.7 Å². The van der Waals surface area contributed by atoms with Gasteiger partial charge in [0.25, 0.3) is 0 Å². The summed E-state index contributed by atoms with van der Waals surface area (Å²) in [6.07, 6.45) is 3.57. The molecule has 0 spiro atoms. The summed E-state index contributed by atoms with van der Waals surface area (Å²) in [6.45, 7) is 14.3. The number of aliphatic hydroxyl groups is 1. The van der Waals surface area contributed by atoms with Crippen molar-refractivity contribution in [2.24, 2.45) is 5.41 Å². The lowest BCUT2D eigenvalue weighted by atomic mass is 9.85. The molecule has 0 saturated carbocycles. The van der Waals surface area contributed by atoms with Gasteiger partial charge in [-0.3, -0.25) is 19.2 Å². The average Bonchev–Trinajstić information content (AvgIpc) is 4.07. The number of β-amino-alcohol motifs (C(OH)–C–C–N with tert-alkyl or cyclic N) is 1. The number of methoxy groups -OCH3 is 1. The van der Waals surface area contributed by atoms with E-state index in [9.17, 15) is 28.8 Å². The Labute approximate surface area is 473 Å². The Balaban J connectivity index is 0.735. The number of carbonyl (C=O) groups excluding carboxylic acids is 4. The summed E-state index contributed by atoms with van der Waals surface area (Å²) in [6, 6.07) is 19.9. The number of carbonyl (C=O) groups is 4. The highest BCUT2D eigenvalue weighted by molar-refractivity contribution is 7.70. The number of aromatic nitrogens is 3. The Morgan fingerprint density at radius 3 is 2.19 bits per heavy atom. The van der Waals surface area contributed by atoms with E-state index in [1.165, 1.54) is 4.90 Å². The topological polar surface area (TPSA) is 224 Å². The fourth-order valence-corrected chi connectivity index (χ4v) is 12.0. The number of aliphatic hydroxyl groups excluding tert-OH is 1. The number of nitrogens with zero attached hydrogens (tertiary/aromatic N) is 5. The number of ether oxygens (including phenoxy) is 4. The van der Waals surface area contributed by atoms with Crippen LogP contribution in [0.2, 0.25) is 5.02 Å². The number of aryl methyl sites for hydroxylation is 1. The number of hydrogen-bond acceptors (Lipinski definition) is 15. The molecule has 4 heterocycles. The van der Waals surface area contributed by atoms with Gasteiger partial charge in [0.2, 0.25) is 23.6 Å². The van der Waals surface area contributed by atoms with E-state index in [-0.39, 0.29) is 82.5 Å². The summed E-state index contributed by atoms with van der Waals surface area (Å²) in [4.78, 5) is 71.7. The van der Waals surface area contributed by atoms with E-state index in [0.717, 1.165) is 75.5 Å². The zero-order valence-corrected chi connectivity index (χ0v) is 48.9. The third-order valence-corrected chi connectivity index (χ3v) is 16.9. The normalized spacial score (nSPS) is 16.4. The lowest BCUT2D eigenvalue weighted by Gasteiger charge is -2.35. The number of anilines is 1. The number of benzene rings is 3. The first-order valence-corrected chi connectivity index (χ1v) is 30.8. The third-order valence-electron chi connectivity index (χ3n) is 14.0. The molecule has 79 heavy (non-hydrogen) atoms. The molecule has 4 N–H and O–H groups in total. The molecule has 0 bridgehead atoms. The van der Waals surface area contributed by atoms with Gasteiger partial charge in [-0.05, 0) is 61.3 Å². The lowest BCUT2D eigenvalue weighted by molar-refractivity contribution is -0.144. The van der Waals surface area contributed by atoms with Gasteiger partial charge < -0.3 is 54.4 Å². The summed E-state index contributed by atoms with van der Waals surface area (Å²) in [7, 11) is -0.848. The van der Waals surface area contributed by atoms with E-state index in [0.29, 0.717) is 42.6 Å². The van der Waals surface area contributed by atoms with Gasteiger partial charge >= 0.3 is 0 Å². The number of nitrogens with one attached hydrogen (secondary N) is 3. The van der Waals surface area contributed by atoms with Crippen molar-refractivity contribution in [3.05, 3.63) is 117 Å². The molecular weight excluding hydrogens is 1070 g/mol. The van der Waals surface area contributed by atoms with Crippen LogP contribution in [0.15, 0.2) is 78.4 Å². The van der Waals surface area contributed by atoms with Gasteiger partial charge in [0, 0.05) is 93.1 Å². The van der Waals surface area contributed by atoms with Gasteiger partial charge in [0.05, 0.1) is 79.7 Å². The molecule has 2 aliphatic heterocycles. The number of piperidine rings is 1. The number of thiazole rings is 1. The van der Waals surface area contributed by atoms with Gasteiger partial charge in [-0.25, -0.2) is 15.0 Å². The van der Waals surface area contributed by atoms with Gasteiger partial charge in [0.15, 0.2) is 0 Å². The number of hydrogen-bond donors (Lipinski definition) is 4. The quantitative estimate of drug-likeness (QED) is 0.0333. The molecular formula is C58H76ClN8O10PS. The van der Waals surface area contributed by atoms with Crippen LogP contribution in [0.25, 0.3) is 10.4 Å². The van der Waals surface area contributed by atoms with Crippen molar-refractivity contribution in [2.75, 3.05) is 84.6 Å². The first-order chi connectivity index (χ1) is 37.8. The van der Waals surface area contributed by atoms with Crippen LogP contribution >= 0.6 is 30.1 Å². The summed E-state index contributed by atoms with van der Waals surface area (Å²) < 4.78 is 35.7. The largest absolute Gasteiger partial charge is 0.496 e. The molecule has 0 radical (unpaired) electrons. The maximum Gasteiger partial charge on any atom is 0.246 e. The summed E-state index contributed by atoms with van der Waals surface area (Å²) in [5, 5.41) is 20.8. The number of likely N-dealkylation sites (tertiary alicyclic amines) is 1. The Morgan fingerprint density at radius 2 is 1.54 bits per heavy atom. The maximum absolute atomic E-state index is 14.0. The second-order valence-electron chi connectivity index (χ2n) is 21.5. The van der Waals surface area contributed by atoms with Gasteiger partial charge in [-0.15, -0.1) is 11.3 Å². The third kappa shape index (κ3) is 17.6. The summed E-state index contributed by atoms with van der Waals surface area (Å²) >= 11 is 8.13. The predicted octanol–water partition coefficient (Wildman–Crippen LogP) is 6.72. The molecule has 5 aromatic rings. The first-order valence-electron chi connectivity index (χ1n) is 26.9. The molecule has 18 nitrogen and oxygen atoms in total. The van der Waals surface area contributed by atoms with Gasteiger partial charge in [-0.2, -0.15) is 0 Å². The smallest absolute Gasteiger partial charge is 0.246 e. The SMILES string of the molecule is COc1cc(N2CCC(NC(=O)CCOCCOCCOCCC(=O)N[C@H](C(=O)N3C[C@H](O)C[C@H]3C(=O)NCc3ccc(-c4scnc4C)cc3)C(C)(C)C)CC2)ccc1Cc1ncc(Cl)c(Cc2ccccc2P(C)(C)=O)n1. The van der Waals surface area contributed by atoms with Crippen LogP contribution < -0.4 is 30.9 Å². The minimum absolute atomic E-state index is 0.00919. The molecule has 4 amide bonds. The van der Waals surface area contributed by atoms with Crippen molar-refractivity contribution < 1.29 is 47.8 Å². The fraction of sp³-hybridized carbons (Fsp3) is 0.500. The van der Waals surface area contributed by atoms with Crippen LogP contribution in [-0.2, 0) is 57.3 Å². The Kier molecular flexibility index (Phi) is 22.0. The molecule has 2 aromatic heterocycles. The molecule has 2 fully saturated rings. The first kappa shape index (κ1) is 60.8. The average molecular weight is 1140 g/mol. The molecule has 0 unspecified atom stereocenters. The molecule has 0 aliphatic carbocycles. The van der Waals surface area contributed by atoms with E-state index in [4.69, 9.17) is 35.5 Å². The highest BCUT2D eigenvalue weighted by atomic mass is 35.5. The molecule has 2 aliphatic rings. The molecule has 2 saturated heterocycles. The van der Waals surface area contributed by atoms with Crippen LogP contribution in [-0.4, -0.2) is 153 Å². The van der Waals surface area contributed by atoms with Crippen molar-refractivity contribution in [1.82, 2.24) is 35.8 Å². The van der Waals surface area contributed by atoms with Crippen molar-refractivity contribution in [1.29, 1.82) is 0 Å². The van der Waals surface area contributed by atoms with Crippen LogP contribution in [0.3, 0.4) is 0 Å². The van der Waals surface area contributed by atoms with Crippen LogP contribution in [0.5, 0.6) is 5.75 Å². The molecule has 7 rings (SSSR count). The zero-order valence-electron chi connectivity index (χ0n) is 46.4. The van der Waals surface area contributed by atoms with E-state index >= 15 is 0 Å². The van der Waals surface area contributed by atoms with E-state index < -0.39 is 36.7 Å². The second kappa shape index (κ2) is 28.6. The second-order valence-corrected chi connectivity index (χ2v) is 26.0. The van der Waals surface area contributed by atoms with Crippen LogP contribution in [0.4, 0.5) is 5.69 Å². The minimum Gasteiger partial charge on any atom is -0.496 e. The van der Waals surface area contributed by atoms with Gasteiger partial charge in [0.1, 0.15) is 30.8 Å². The Morgan fingerprint density at radius 1 is 0.873 bits per heavy atom. The fourth-order valence-electron chi connectivity index (χ4n) is 9.73. The number of rotatable bonds is 26. The van der Waals surface area contributed by atoms with Crippen molar-refractivity contribution in [3.8, 4) is 16.2 Å². The lowest BCUT2D eigenvalue weighted by Crippen LogP contribution is -2.57. The monoisotopic (exact) mass is 1140 g/mol. The highest BCUT2D eigenvalue weighted by Crippen LogP contribution is 2.37. The molecule has 3 aromatic carbocycles. The van der Waals surface area contributed by atoms with E-state index in [1.807, 2.05) is 93.9 Å². The van der Waals surface area contributed by atoms with Crippen LogP contribution in [0.1, 0.15) is 86.8 Å².